The number of nitrogens with zero attached hydrogens (tertiary/aromatic N) is 3. The molecule has 2 aliphatic rings. The maximum absolute atomic E-state index is 13.1. The molecule has 0 saturated carbocycles. The van der Waals surface area contributed by atoms with Crippen LogP contribution in [0.3, 0.4) is 0 Å². The minimum Gasteiger partial charge on any atom is -0.492 e. The van der Waals surface area contributed by atoms with Gasteiger partial charge in [-0.15, -0.1) is 0 Å². The largest absolute Gasteiger partial charge is 0.492 e. The molecule has 1 unspecified atom stereocenters. The van der Waals surface area contributed by atoms with Crippen molar-refractivity contribution in [1.82, 2.24) is 9.55 Å². The molecule has 1 atom stereocenters. The molecule has 3 aromatic carbocycles. The zero-order valence-corrected chi connectivity index (χ0v) is 19.6. The van der Waals surface area contributed by atoms with E-state index in [-0.39, 0.29) is 11.8 Å². The molecule has 2 aliphatic heterocycles. The summed E-state index contributed by atoms with van der Waals surface area (Å²) in [5.74, 6) is 3.25. The van der Waals surface area contributed by atoms with E-state index in [1.165, 1.54) is 5.56 Å². The molecule has 0 bridgehead atoms. The summed E-state index contributed by atoms with van der Waals surface area (Å²) in [4.78, 5) is 19.8. The lowest BCUT2D eigenvalue weighted by Gasteiger charge is -2.22. The molecule has 0 radical (unpaired) electrons. The first-order chi connectivity index (χ1) is 17.2. The first kappa shape index (κ1) is 21.5. The van der Waals surface area contributed by atoms with Gasteiger partial charge in [0.1, 0.15) is 31.4 Å². The van der Waals surface area contributed by atoms with Crippen LogP contribution in [0.25, 0.3) is 11.0 Å². The van der Waals surface area contributed by atoms with Crippen LogP contribution >= 0.6 is 0 Å². The number of para-hydroxylation sites is 2. The van der Waals surface area contributed by atoms with Crippen molar-refractivity contribution in [3.8, 4) is 17.2 Å². The van der Waals surface area contributed by atoms with E-state index >= 15 is 0 Å². The Bertz CT molecular complexity index is 1380. The highest BCUT2D eigenvalue weighted by Gasteiger charge is 2.35. The van der Waals surface area contributed by atoms with Gasteiger partial charge in [-0.3, -0.25) is 4.79 Å². The van der Waals surface area contributed by atoms with Gasteiger partial charge >= 0.3 is 0 Å². The zero-order valence-electron chi connectivity index (χ0n) is 19.6. The normalized spacial score (nSPS) is 17.2. The SMILES string of the molecule is Cc1ccc(OCCn2c(C3CC(=O)N(c4ccc5c(c4)OCCO5)C3)nc3ccccc32)cc1. The highest BCUT2D eigenvalue weighted by atomic mass is 16.6. The van der Waals surface area contributed by atoms with Gasteiger partial charge in [0, 0.05) is 30.6 Å². The molecule has 0 N–H and O–H groups in total. The van der Waals surface area contributed by atoms with Gasteiger partial charge in [-0.1, -0.05) is 29.8 Å². The van der Waals surface area contributed by atoms with E-state index in [0.29, 0.717) is 45.1 Å². The number of benzene rings is 3. The molecule has 0 spiro atoms. The van der Waals surface area contributed by atoms with Gasteiger partial charge in [-0.25, -0.2) is 4.98 Å². The van der Waals surface area contributed by atoms with Crippen LogP contribution < -0.4 is 19.1 Å². The fourth-order valence-corrected chi connectivity index (χ4v) is 4.86. The Morgan fingerprint density at radius 2 is 1.80 bits per heavy atom. The van der Waals surface area contributed by atoms with E-state index in [9.17, 15) is 4.79 Å². The van der Waals surface area contributed by atoms with Gasteiger partial charge in [-0.2, -0.15) is 0 Å². The van der Waals surface area contributed by atoms with Crippen molar-refractivity contribution >= 4 is 22.6 Å². The summed E-state index contributed by atoms with van der Waals surface area (Å²) in [6.45, 7) is 4.86. The average molecular weight is 470 g/mol. The minimum atomic E-state index is -0.0116. The summed E-state index contributed by atoms with van der Waals surface area (Å²) >= 11 is 0. The summed E-state index contributed by atoms with van der Waals surface area (Å²) in [6.07, 6.45) is 0.413. The lowest BCUT2D eigenvalue weighted by molar-refractivity contribution is -0.117. The van der Waals surface area contributed by atoms with E-state index in [2.05, 4.69) is 17.6 Å². The second-order valence-corrected chi connectivity index (χ2v) is 9.01. The van der Waals surface area contributed by atoms with Crippen molar-refractivity contribution < 1.29 is 19.0 Å². The summed E-state index contributed by atoms with van der Waals surface area (Å²) in [5.41, 5.74) is 4.02. The van der Waals surface area contributed by atoms with E-state index in [0.717, 1.165) is 34.0 Å². The van der Waals surface area contributed by atoms with Crippen LogP contribution in [0.1, 0.15) is 23.7 Å². The summed E-state index contributed by atoms with van der Waals surface area (Å²) in [7, 11) is 0. The van der Waals surface area contributed by atoms with E-state index < -0.39 is 0 Å². The number of hydrogen-bond acceptors (Lipinski definition) is 5. The van der Waals surface area contributed by atoms with Crippen LogP contribution in [-0.4, -0.2) is 41.8 Å². The maximum atomic E-state index is 13.1. The highest BCUT2D eigenvalue weighted by molar-refractivity contribution is 5.97. The molecule has 3 heterocycles. The fourth-order valence-electron chi connectivity index (χ4n) is 4.86. The van der Waals surface area contributed by atoms with Crippen molar-refractivity contribution in [3.05, 3.63) is 78.1 Å². The van der Waals surface area contributed by atoms with Gasteiger partial charge < -0.3 is 23.7 Å². The van der Waals surface area contributed by atoms with Crippen LogP contribution in [0.2, 0.25) is 0 Å². The van der Waals surface area contributed by atoms with Crippen LogP contribution in [0.15, 0.2) is 66.7 Å². The molecule has 0 aliphatic carbocycles. The molecule has 1 amide bonds. The Hall–Kier alpha value is -4.00. The van der Waals surface area contributed by atoms with Crippen molar-refractivity contribution in [2.45, 2.75) is 25.8 Å². The summed E-state index contributed by atoms with van der Waals surface area (Å²) in [6, 6.07) is 21.9. The second-order valence-electron chi connectivity index (χ2n) is 9.01. The minimum absolute atomic E-state index is 0.0116. The number of imidazole rings is 1. The molecule has 4 aromatic rings. The third kappa shape index (κ3) is 4.18. The molecule has 178 valence electrons. The topological polar surface area (TPSA) is 65.8 Å². The Morgan fingerprint density at radius 1 is 1.00 bits per heavy atom. The molecule has 6 rings (SSSR count). The monoisotopic (exact) mass is 469 g/mol. The molecule has 1 fully saturated rings. The van der Waals surface area contributed by atoms with E-state index in [4.69, 9.17) is 19.2 Å². The molecular formula is C28H27N3O4. The van der Waals surface area contributed by atoms with Gasteiger partial charge in [-0.05, 0) is 43.3 Å². The van der Waals surface area contributed by atoms with Gasteiger partial charge in [0.05, 0.1) is 17.6 Å². The van der Waals surface area contributed by atoms with Crippen molar-refractivity contribution in [2.75, 3.05) is 31.3 Å². The highest BCUT2D eigenvalue weighted by Crippen LogP contribution is 2.38. The standard InChI is InChI=1S/C28H27N3O4/c1-19-6-9-22(10-7-19)33-13-12-30-24-5-3-2-4-23(24)29-28(30)20-16-27(32)31(18-20)21-8-11-25-26(17-21)35-15-14-34-25/h2-11,17,20H,12-16,18H2,1H3. The van der Waals surface area contributed by atoms with Gasteiger partial charge in [0.15, 0.2) is 11.5 Å². The molecule has 1 aromatic heterocycles. The summed E-state index contributed by atoms with van der Waals surface area (Å²) < 4.78 is 19.6. The van der Waals surface area contributed by atoms with Gasteiger partial charge in [0.2, 0.25) is 5.91 Å². The number of anilines is 1. The zero-order chi connectivity index (χ0) is 23.8. The number of ether oxygens (including phenoxy) is 3. The number of hydrogen-bond donors (Lipinski definition) is 0. The molecule has 35 heavy (non-hydrogen) atoms. The molecule has 7 nitrogen and oxygen atoms in total. The second kappa shape index (κ2) is 8.98. The third-order valence-corrected chi connectivity index (χ3v) is 6.62. The number of carbonyl (C=O) groups is 1. The van der Waals surface area contributed by atoms with Crippen LogP contribution in [0.4, 0.5) is 5.69 Å². The Balaban J connectivity index is 1.25. The van der Waals surface area contributed by atoms with Crippen molar-refractivity contribution in [2.24, 2.45) is 0 Å². The maximum Gasteiger partial charge on any atom is 0.227 e. The lowest BCUT2D eigenvalue weighted by Crippen LogP contribution is -2.25. The van der Waals surface area contributed by atoms with Crippen molar-refractivity contribution in [1.29, 1.82) is 0 Å². The number of amides is 1. The first-order valence-electron chi connectivity index (χ1n) is 12.0. The lowest BCUT2D eigenvalue weighted by atomic mass is 10.1. The third-order valence-electron chi connectivity index (χ3n) is 6.62. The van der Waals surface area contributed by atoms with Crippen molar-refractivity contribution in [3.63, 3.8) is 0 Å². The molecular weight excluding hydrogens is 442 g/mol. The number of rotatable bonds is 6. The molecule has 7 heteroatoms. The number of aryl methyl sites for hydroxylation is 1. The Labute approximate surface area is 203 Å². The number of aromatic nitrogens is 2. The Kier molecular flexibility index (Phi) is 5.52. The Morgan fingerprint density at radius 3 is 2.66 bits per heavy atom. The number of carbonyl (C=O) groups excluding carboxylic acids is 1. The van der Waals surface area contributed by atoms with E-state index in [1.54, 1.807) is 0 Å². The van der Waals surface area contributed by atoms with Crippen LogP contribution in [0, 0.1) is 6.92 Å². The predicted molar refractivity (Wildman–Crippen MR) is 134 cm³/mol. The quantitative estimate of drug-likeness (QED) is 0.409. The smallest absolute Gasteiger partial charge is 0.227 e. The van der Waals surface area contributed by atoms with Gasteiger partial charge in [0.25, 0.3) is 0 Å². The molecule has 1 saturated heterocycles. The number of fused-ring (bicyclic) bond motifs is 2. The van der Waals surface area contributed by atoms with Crippen LogP contribution in [0.5, 0.6) is 17.2 Å². The summed E-state index contributed by atoms with van der Waals surface area (Å²) in [5, 5.41) is 0. The fraction of sp³-hybridized carbons (Fsp3) is 0.286. The predicted octanol–water partition coefficient (Wildman–Crippen LogP) is 4.72. The van der Waals surface area contributed by atoms with E-state index in [1.807, 2.05) is 65.6 Å². The van der Waals surface area contributed by atoms with Crippen LogP contribution in [-0.2, 0) is 11.3 Å². The average Bonchev–Trinajstić information content (AvgIpc) is 3.45. The first-order valence-corrected chi connectivity index (χ1v) is 12.0.